The molecule has 2 heterocycles. The van der Waals surface area contributed by atoms with E-state index >= 15 is 0 Å². The van der Waals surface area contributed by atoms with Gasteiger partial charge < -0.3 is 15.1 Å². The highest BCUT2D eigenvalue weighted by atomic mass is 19.4. The van der Waals surface area contributed by atoms with Crippen LogP contribution in [-0.4, -0.2) is 14.9 Å². The average molecular weight is 379 g/mol. The lowest BCUT2D eigenvalue weighted by Gasteiger charge is -2.11. The van der Waals surface area contributed by atoms with E-state index in [1.54, 1.807) is 12.1 Å². The van der Waals surface area contributed by atoms with Crippen LogP contribution in [0.2, 0.25) is 0 Å². The molecule has 2 N–H and O–H groups in total. The Hall–Kier alpha value is -3.63. The van der Waals surface area contributed by atoms with Crippen molar-refractivity contribution in [1.82, 2.24) is 9.97 Å². The van der Waals surface area contributed by atoms with E-state index in [-0.39, 0.29) is 23.9 Å². The van der Waals surface area contributed by atoms with E-state index in [9.17, 15) is 23.3 Å². The van der Waals surface area contributed by atoms with Crippen molar-refractivity contribution in [3.8, 4) is 0 Å². The number of benzene rings is 1. The quantitative estimate of drug-likeness (QED) is 0.484. The zero-order valence-electron chi connectivity index (χ0n) is 13.5. The molecule has 0 atom stereocenters. The number of nitro groups is 1. The van der Waals surface area contributed by atoms with Crippen molar-refractivity contribution in [3.05, 3.63) is 70.4 Å². The van der Waals surface area contributed by atoms with Gasteiger partial charge in [-0.15, -0.1) is 0 Å². The van der Waals surface area contributed by atoms with Gasteiger partial charge in [-0.25, -0.2) is 9.97 Å². The van der Waals surface area contributed by atoms with E-state index in [1.165, 1.54) is 18.4 Å². The molecule has 11 heteroatoms. The SMILES string of the molecule is O=[N+]([O-])c1c(NCc2ccco2)ncnc1Nc1cccc(C(F)(F)F)c1. The number of furan rings is 1. The summed E-state index contributed by atoms with van der Waals surface area (Å²) < 4.78 is 43.6. The van der Waals surface area contributed by atoms with Crippen LogP contribution in [0.5, 0.6) is 0 Å². The highest BCUT2D eigenvalue weighted by Gasteiger charge is 2.31. The number of nitrogens with zero attached hydrogens (tertiary/aromatic N) is 3. The summed E-state index contributed by atoms with van der Waals surface area (Å²) in [5.74, 6) is 0.187. The monoisotopic (exact) mass is 379 g/mol. The van der Waals surface area contributed by atoms with E-state index in [0.29, 0.717) is 5.76 Å². The van der Waals surface area contributed by atoms with Gasteiger partial charge in [0.15, 0.2) is 0 Å². The summed E-state index contributed by atoms with van der Waals surface area (Å²) in [6.45, 7) is 0.133. The van der Waals surface area contributed by atoms with Crippen LogP contribution in [0, 0.1) is 10.1 Å². The number of nitrogens with one attached hydrogen (secondary N) is 2. The number of alkyl halides is 3. The van der Waals surface area contributed by atoms with Gasteiger partial charge in [-0.3, -0.25) is 10.1 Å². The maximum atomic E-state index is 12.8. The third-order valence-corrected chi connectivity index (χ3v) is 3.47. The summed E-state index contributed by atoms with van der Waals surface area (Å²) in [4.78, 5) is 18.4. The highest BCUT2D eigenvalue weighted by molar-refractivity contribution is 5.73. The molecule has 8 nitrogen and oxygen atoms in total. The zero-order chi connectivity index (χ0) is 19.4. The second kappa shape index (κ2) is 7.32. The van der Waals surface area contributed by atoms with Crippen LogP contribution >= 0.6 is 0 Å². The van der Waals surface area contributed by atoms with E-state index in [2.05, 4.69) is 20.6 Å². The van der Waals surface area contributed by atoms with Gasteiger partial charge >= 0.3 is 11.9 Å². The minimum Gasteiger partial charge on any atom is -0.467 e. The van der Waals surface area contributed by atoms with Crippen molar-refractivity contribution < 1.29 is 22.5 Å². The van der Waals surface area contributed by atoms with Crippen LogP contribution in [0.15, 0.2) is 53.4 Å². The molecule has 0 saturated carbocycles. The fourth-order valence-electron chi connectivity index (χ4n) is 2.27. The number of aromatic nitrogens is 2. The maximum Gasteiger partial charge on any atom is 0.416 e. The van der Waals surface area contributed by atoms with E-state index in [1.807, 2.05) is 0 Å². The molecule has 0 aliphatic rings. The van der Waals surface area contributed by atoms with Crippen molar-refractivity contribution in [2.75, 3.05) is 10.6 Å². The lowest BCUT2D eigenvalue weighted by atomic mass is 10.2. The summed E-state index contributed by atoms with van der Waals surface area (Å²) >= 11 is 0. The molecule has 0 aliphatic carbocycles. The van der Waals surface area contributed by atoms with Gasteiger partial charge in [0, 0.05) is 5.69 Å². The van der Waals surface area contributed by atoms with Gasteiger partial charge in [-0.1, -0.05) is 6.07 Å². The Labute approximate surface area is 150 Å². The van der Waals surface area contributed by atoms with Gasteiger partial charge in [0.05, 0.1) is 23.3 Å². The van der Waals surface area contributed by atoms with E-state index < -0.39 is 22.4 Å². The largest absolute Gasteiger partial charge is 0.467 e. The molecule has 27 heavy (non-hydrogen) atoms. The standard InChI is InChI=1S/C16H12F3N5O3/c17-16(18,19)10-3-1-4-11(7-10)23-15-13(24(25)26)14(21-9-22-15)20-8-12-5-2-6-27-12/h1-7,9H,8H2,(H2,20,21,22,23). The van der Waals surface area contributed by atoms with E-state index in [4.69, 9.17) is 4.42 Å². The minimum atomic E-state index is -4.54. The summed E-state index contributed by atoms with van der Waals surface area (Å²) in [5, 5.41) is 16.8. The molecule has 0 bridgehead atoms. The molecule has 0 fully saturated rings. The van der Waals surface area contributed by atoms with Crippen molar-refractivity contribution in [3.63, 3.8) is 0 Å². The topological polar surface area (TPSA) is 106 Å². The Bertz CT molecular complexity index is 945. The molecule has 0 spiro atoms. The molecule has 1 aromatic carbocycles. The third kappa shape index (κ3) is 4.32. The Morgan fingerprint density at radius 1 is 1.15 bits per heavy atom. The van der Waals surface area contributed by atoms with Crippen LogP contribution in [0.4, 0.5) is 36.2 Å². The predicted molar refractivity (Wildman–Crippen MR) is 89.4 cm³/mol. The molecule has 0 radical (unpaired) electrons. The first-order chi connectivity index (χ1) is 12.8. The Morgan fingerprint density at radius 2 is 1.93 bits per heavy atom. The molecule has 0 aliphatic heterocycles. The first-order valence-electron chi connectivity index (χ1n) is 7.54. The molecule has 140 valence electrons. The molecule has 0 saturated heterocycles. The average Bonchev–Trinajstić information content (AvgIpc) is 3.13. The van der Waals surface area contributed by atoms with Gasteiger partial charge in [0.25, 0.3) is 0 Å². The van der Waals surface area contributed by atoms with Gasteiger partial charge in [-0.05, 0) is 30.3 Å². The van der Waals surface area contributed by atoms with Crippen LogP contribution in [0.1, 0.15) is 11.3 Å². The molecule has 3 rings (SSSR count). The van der Waals surface area contributed by atoms with E-state index in [0.717, 1.165) is 18.5 Å². The summed E-state index contributed by atoms with van der Waals surface area (Å²) in [6.07, 6.45) is -2.02. The molecule has 2 aromatic heterocycles. The van der Waals surface area contributed by atoms with Crippen molar-refractivity contribution in [2.45, 2.75) is 12.7 Å². The zero-order valence-corrected chi connectivity index (χ0v) is 13.5. The smallest absolute Gasteiger partial charge is 0.416 e. The summed E-state index contributed by atoms with van der Waals surface area (Å²) in [5.41, 5.74) is -1.38. The van der Waals surface area contributed by atoms with Gasteiger partial charge in [-0.2, -0.15) is 13.2 Å². The molecule has 3 aromatic rings. The second-order valence-electron chi connectivity index (χ2n) is 5.31. The molecular weight excluding hydrogens is 367 g/mol. The Balaban J connectivity index is 1.89. The maximum absolute atomic E-state index is 12.8. The van der Waals surface area contributed by atoms with Crippen molar-refractivity contribution >= 4 is 23.0 Å². The normalized spacial score (nSPS) is 11.2. The number of rotatable bonds is 6. The summed E-state index contributed by atoms with van der Waals surface area (Å²) in [7, 11) is 0. The Kier molecular flexibility index (Phi) is 4.92. The van der Waals surface area contributed by atoms with Crippen LogP contribution in [0.3, 0.4) is 0 Å². The van der Waals surface area contributed by atoms with Crippen molar-refractivity contribution in [1.29, 1.82) is 0 Å². The highest BCUT2D eigenvalue weighted by Crippen LogP contribution is 2.34. The first kappa shape index (κ1) is 18.2. The summed E-state index contributed by atoms with van der Waals surface area (Å²) in [6, 6.07) is 7.59. The van der Waals surface area contributed by atoms with Crippen LogP contribution in [0.25, 0.3) is 0 Å². The first-order valence-corrected chi connectivity index (χ1v) is 7.54. The second-order valence-corrected chi connectivity index (χ2v) is 5.31. The van der Waals surface area contributed by atoms with Crippen LogP contribution in [-0.2, 0) is 12.7 Å². The molecule has 0 unspecified atom stereocenters. The van der Waals surface area contributed by atoms with Crippen LogP contribution < -0.4 is 10.6 Å². The third-order valence-electron chi connectivity index (χ3n) is 3.47. The Morgan fingerprint density at radius 3 is 2.59 bits per heavy atom. The number of hydrogen-bond donors (Lipinski definition) is 2. The van der Waals surface area contributed by atoms with Crippen molar-refractivity contribution in [2.24, 2.45) is 0 Å². The number of halogens is 3. The lowest BCUT2D eigenvalue weighted by molar-refractivity contribution is -0.383. The number of hydrogen-bond acceptors (Lipinski definition) is 7. The fourth-order valence-corrected chi connectivity index (χ4v) is 2.27. The predicted octanol–water partition coefficient (Wildman–Crippen LogP) is 4.35. The van der Waals surface area contributed by atoms with Gasteiger partial charge in [0.1, 0.15) is 12.1 Å². The van der Waals surface area contributed by atoms with Gasteiger partial charge in [0.2, 0.25) is 11.6 Å². The lowest BCUT2D eigenvalue weighted by Crippen LogP contribution is -2.09. The minimum absolute atomic E-state index is 0.00334. The molecular formula is C16H12F3N5O3. The number of anilines is 3. The molecule has 0 amide bonds. The fraction of sp³-hybridized carbons (Fsp3) is 0.125.